The number of nitrogens with zero attached hydrogens (tertiary/aromatic N) is 2. The third kappa shape index (κ3) is 3.41. The van der Waals surface area contributed by atoms with Gasteiger partial charge < -0.3 is 0 Å². The minimum Gasteiger partial charge on any atom is -0.294 e. The molecule has 0 aromatic carbocycles. The topological polar surface area (TPSA) is 69.0 Å². The SMILES string of the molecule is CCc1nn(CCS(C)(=O)=O)c(CC)c1C(C)=O. The van der Waals surface area contributed by atoms with Crippen LogP contribution in [0.25, 0.3) is 0 Å². The average molecular weight is 272 g/mol. The average Bonchev–Trinajstić information content (AvgIpc) is 2.63. The van der Waals surface area contributed by atoms with E-state index in [9.17, 15) is 13.2 Å². The summed E-state index contributed by atoms with van der Waals surface area (Å²) in [6.07, 6.45) is 2.55. The number of hydrogen-bond acceptors (Lipinski definition) is 4. The zero-order valence-electron chi connectivity index (χ0n) is 11.4. The first-order valence-electron chi connectivity index (χ1n) is 6.07. The van der Waals surface area contributed by atoms with Crippen molar-refractivity contribution >= 4 is 15.6 Å². The summed E-state index contributed by atoms with van der Waals surface area (Å²) >= 11 is 0. The van der Waals surface area contributed by atoms with E-state index in [4.69, 9.17) is 0 Å². The molecular formula is C12H20N2O3S. The largest absolute Gasteiger partial charge is 0.294 e. The van der Waals surface area contributed by atoms with Crippen molar-refractivity contribution in [2.75, 3.05) is 12.0 Å². The maximum Gasteiger partial charge on any atom is 0.163 e. The zero-order chi connectivity index (χ0) is 13.9. The van der Waals surface area contributed by atoms with Crippen LogP contribution in [-0.4, -0.2) is 36.0 Å². The predicted octanol–water partition coefficient (Wildman–Crippen LogP) is 1.26. The second-order valence-corrected chi connectivity index (χ2v) is 6.64. The van der Waals surface area contributed by atoms with E-state index in [2.05, 4.69) is 5.10 Å². The number of aryl methyl sites for hydroxylation is 2. The lowest BCUT2D eigenvalue weighted by molar-refractivity contribution is 0.101. The monoisotopic (exact) mass is 272 g/mol. The molecule has 1 heterocycles. The van der Waals surface area contributed by atoms with E-state index < -0.39 is 9.84 Å². The van der Waals surface area contributed by atoms with E-state index in [1.807, 2.05) is 13.8 Å². The van der Waals surface area contributed by atoms with Crippen LogP contribution < -0.4 is 0 Å². The summed E-state index contributed by atoms with van der Waals surface area (Å²) < 4.78 is 24.0. The molecule has 0 fully saturated rings. The summed E-state index contributed by atoms with van der Waals surface area (Å²) in [7, 11) is -3.02. The molecule has 1 aromatic heterocycles. The number of Topliss-reactive ketones (excluding diaryl/α,β-unsaturated/α-hetero) is 1. The molecule has 102 valence electrons. The molecule has 0 aliphatic rings. The number of aromatic nitrogens is 2. The summed E-state index contributed by atoms with van der Waals surface area (Å²) in [5, 5.41) is 4.36. The predicted molar refractivity (Wildman–Crippen MR) is 70.7 cm³/mol. The highest BCUT2D eigenvalue weighted by Gasteiger charge is 2.19. The highest BCUT2D eigenvalue weighted by Crippen LogP contribution is 2.17. The maximum absolute atomic E-state index is 11.6. The molecule has 0 radical (unpaired) electrons. The maximum atomic E-state index is 11.6. The van der Waals surface area contributed by atoms with Crippen molar-refractivity contribution < 1.29 is 13.2 Å². The minimum atomic E-state index is -3.02. The summed E-state index contributed by atoms with van der Waals surface area (Å²) in [5.41, 5.74) is 2.25. The molecule has 5 nitrogen and oxygen atoms in total. The van der Waals surface area contributed by atoms with Gasteiger partial charge in [0, 0.05) is 11.9 Å². The van der Waals surface area contributed by atoms with Gasteiger partial charge in [-0.2, -0.15) is 5.10 Å². The molecule has 0 unspecified atom stereocenters. The van der Waals surface area contributed by atoms with Gasteiger partial charge in [-0.25, -0.2) is 8.42 Å². The lowest BCUT2D eigenvalue weighted by Gasteiger charge is -2.05. The van der Waals surface area contributed by atoms with E-state index in [-0.39, 0.29) is 11.5 Å². The quantitative estimate of drug-likeness (QED) is 0.731. The molecule has 6 heteroatoms. The molecule has 0 N–H and O–H groups in total. The Hall–Kier alpha value is -1.17. The Labute approximate surface area is 108 Å². The molecule has 0 aliphatic heterocycles. The van der Waals surface area contributed by atoms with E-state index in [0.717, 1.165) is 11.4 Å². The first-order valence-corrected chi connectivity index (χ1v) is 8.13. The Morgan fingerprint density at radius 3 is 2.28 bits per heavy atom. The first-order chi connectivity index (χ1) is 8.30. The van der Waals surface area contributed by atoms with E-state index in [1.165, 1.54) is 13.2 Å². The molecule has 0 bridgehead atoms. The fraction of sp³-hybridized carbons (Fsp3) is 0.667. The number of rotatable bonds is 6. The van der Waals surface area contributed by atoms with Gasteiger partial charge in [-0.05, 0) is 19.8 Å². The Balaban J connectivity index is 3.16. The Bertz CT molecular complexity index is 544. The highest BCUT2D eigenvalue weighted by molar-refractivity contribution is 7.90. The van der Waals surface area contributed by atoms with Crippen LogP contribution in [0.3, 0.4) is 0 Å². The fourth-order valence-electron chi connectivity index (χ4n) is 2.00. The Morgan fingerprint density at radius 1 is 1.28 bits per heavy atom. The lowest BCUT2D eigenvalue weighted by atomic mass is 10.1. The van der Waals surface area contributed by atoms with Crippen LogP contribution in [-0.2, 0) is 29.2 Å². The van der Waals surface area contributed by atoms with Gasteiger partial charge in [0.25, 0.3) is 0 Å². The fourth-order valence-corrected chi connectivity index (χ4v) is 2.51. The number of carbonyl (C=O) groups excluding carboxylic acids is 1. The summed E-state index contributed by atoms with van der Waals surface area (Å²) in [5.74, 6) is 0.0386. The van der Waals surface area contributed by atoms with Gasteiger partial charge in [0.1, 0.15) is 9.84 Å². The van der Waals surface area contributed by atoms with Crippen molar-refractivity contribution in [2.45, 2.75) is 40.2 Å². The van der Waals surface area contributed by atoms with E-state index in [0.29, 0.717) is 24.9 Å². The van der Waals surface area contributed by atoms with E-state index >= 15 is 0 Å². The number of hydrogen-bond donors (Lipinski definition) is 0. The van der Waals surface area contributed by atoms with Crippen LogP contribution >= 0.6 is 0 Å². The van der Waals surface area contributed by atoms with Gasteiger partial charge >= 0.3 is 0 Å². The molecular weight excluding hydrogens is 252 g/mol. The second-order valence-electron chi connectivity index (χ2n) is 4.38. The molecule has 0 aliphatic carbocycles. The molecule has 0 saturated carbocycles. The van der Waals surface area contributed by atoms with Gasteiger partial charge in [-0.15, -0.1) is 0 Å². The van der Waals surface area contributed by atoms with Crippen molar-refractivity contribution in [1.82, 2.24) is 9.78 Å². The second kappa shape index (κ2) is 5.65. The molecule has 0 atom stereocenters. The van der Waals surface area contributed by atoms with Gasteiger partial charge in [-0.1, -0.05) is 13.8 Å². The van der Waals surface area contributed by atoms with Crippen LogP contribution in [0.1, 0.15) is 42.5 Å². The summed E-state index contributed by atoms with van der Waals surface area (Å²) in [6, 6.07) is 0. The van der Waals surface area contributed by atoms with Gasteiger partial charge in [0.15, 0.2) is 5.78 Å². The molecule has 0 saturated heterocycles. The van der Waals surface area contributed by atoms with Crippen LogP contribution in [0.5, 0.6) is 0 Å². The summed E-state index contributed by atoms with van der Waals surface area (Å²) in [6.45, 7) is 5.72. The lowest BCUT2D eigenvalue weighted by Crippen LogP contribution is -2.14. The normalized spacial score (nSPS) is 11.8. The minimum absolute atomic E-state index is 0.00527. The first kappa shape index (κ1) is 14.9. The van der Waals surface area contributed by atoms with Gasteiger partial charge in [0.05, 0.1) is 23.6 Å². The highest BCUT2D eigenvalue weighted by atomic mass is 32.2. The van der Waals surface area contributed by atoms with Crippen LogP contribution in [0, 0.1) is 0 Å². The zero-order valence-corrected chi connectivity index (χ0v) is 12.2. The molecule has 1 aromatic rings. The van der Waals surface area contributed by atoms with E-state index in [1.54, 1.807) is 4.68 Å². The third-order valence-corrected chi connectivity index (χ3v) is 3.75. The van der Waals surface area contributed by atoms with Crippen molar-refractivity contribution in [2.24, 2.45) is 0 Å². The standard InChI is InChI=1S/C12H20N2O3S/c1-5-10-12(9(3)15)11(6-2)14(13-10)7-8-18(4,16)17/h5-8H2,1-4H3. The van der Waals surface area contributed by atoms with Crippen molar-refractivity contribution in [3.8, 4) is 0 Å². The number of ketones is 1. The molecule has 1 rings (SSSR count). The molecule has 0 amide bonds. The Morgan fingerprint density at radius 2 is 1.89 bits per heavy atom. The van der Waals surface area contributed by atoms with Crippen molar-refractivity contribution in [1.29, 1.82) is 0 Å². The molecule has 0 spiro atoms. The molecule has 18 heavy (non-hydrogen) atoms. The Kier molecular flexibility index (Phi) is 4.67. The van der Waals surface area contributed by atoms with Gasteiger partial charge in [-0.3, -0.25) is 9.48 Å². The van der Waals surface area contributed by atoms with Gasteiger partial charge in [0.2, 0.25) is 0 Å². The number of sulfone groups is 1. The third-order valence-electron chi connectivity index (χ3n) is 2.83. The number of carbonyl (C=O) groups is 1. The van der Waals surface area contributed by atoms with Crippen LogP contribution in [0.15, 0.2) is 0 Å². The van der Waals surface area contributed by atoms with Crippen molar-refractivity contribution in [3.05, 3.63) is 17.0 Å². The van der Waals surface area contributed by atoms with Crippen LogP contribution in [0.2, 0.25) is 0 Å². The van der Waals surface area contributed by atoms with Crippen molar-refractivity contribution in [3.63, 3.8) is 0 Å². The smallest absolute Gasteiger partial charge is 0.163 e. The summed E-state index contributed by atoms with van der Waals surface area (Å²) in [4.78, 5) is 11.6. The van der Waals surface area contributed by atoms with Crippen LogP contribution in [0.4, 0.5) is 0 Å².